The molecule has 0 radical (unpaired) electrons. The highest BCUT2D eigenvalue weighted by Gasteiger charge is 2.35. The van der Waals surface area contributed by atoms with Crippen LogP contribution in [0.2, 0.25) is 0 Å². The van der Waals surface area contributed by atoms with E-state index in [9.17, 15) is 14.4 Å². The summed E-state index contributed by atoms with van der Waals surface area (Å²) in [6.07, 6.45) is 0.973. The van der Waals surface area contributed by atoms with E-state index in [0.717, 1.165) is 11.1 Å². The number of fused-ring (bicyclic) bond motifs is 1. The molecule has 31 heavy (non-hydrogen) atoms. The van der Waals surface area contributed by atoms with E-state index in [-0.39, 0.29) is 16.8 Å². The zero-order valence-corrected chi connectivity index (χ0v) is 18.1. The molecule has 2 aromatic carbocycles. The van der Waals surface area contributed by atoms with Crippen molar-refractivity contribution in [3.05, 3.63) is 99.0 Å². The molecule has 0 aliphatic heterocycles. The van der Waals surface area contributed by atoms with E-state index in [0.29, 0.717) is 36.3 Å². The Labute approximate surface area is 181 Å². The van der Waals surface area contributed by atoms with E-state index in [1.807, 2.05) is 75.4 Å². The first kappa shape index (κ1) is 20.8. The van der Waals surface area contributed by atoms with E-state index in [1.165, 1.54) is 6.07 Å². The summed E-state index contributed by atoms with van der Waals surface area (Å²) in [6, 6.07) is 18.5. The summed E-state index contributed by atoms with van der Waals surface area (Å²) in [4.78, 5) is 39.4. The number of nitrogens with one attached hydrogen (secondary N) is 1. The SMILES string of the molecule is Cc1ccc(-n2c3c(cc(C(=O)NCc4ccccc4)c2=O)C(=O)CC(C)(C)C3)cc1. The van der Waals surface area contributed by atoms with Crippen molar-refractivity contribution in [3.8, 4) is 5.69 Å². The summed E-state index contributed by atoms with van der Waals surface area (Å²) in [6.45, 7) is 6.33. The number of aryl methyl sites for hydroxylation is 1. The van der Waals surface area contributed by atoms with Gasteiger partial charge >= 0.3 is 0 Å². The van der Waals surface area contributed by atoms with Gasteiger partial charge in [-0.05, 0) is 42.5 Å². The molecule has 0 saturated heterocycles. The van der Waals surface area contributed by atoms with Gasteiger partial charge in [0, 0.05) is 29.9 Å². The Morgan fingerprint density at radius 3 is 2.35 bits per heavy atom. The Morgan fingerprint density at radius 2 is 1.68 bits per heavy atom. The van der Waals surface area contributed by atoms with E-state index in [1.54, 1.807) is 4.57 Å². The van der Waals surface area contributed by atoms with Crippen LogP contribution in [0.1, 0.15) is 57.8 Å². The normalized spacial score (nSPS) is 14.7. The van der Waals surface area contributed by atoms with Gasteiger partial charge in [-0.2, -0.15) is 0 Å². The number of hydrogen-bond acceptors (Lipinski definition) is 3. The van der Waals surface area contributed by atoms with Crippen molar-refractivity contribution in [1.82, 2.24) is 9.88 Å². The Kier molecular flexibility index (Phi) is 5.36. The highest BCUT2D eigenvalue weighted by molar-refractivity contribution is 6.02. The number of carbonyl (C=O) groups excluding carboxylic acids is 2. The largest absolute Gasteiger partial charge is 0.348 e. The monoisotopic (exact) mass is 414 g/mol. The van der Waals surface area contributed by atoms with Crippen LogP contribution in [-0.4, -0.2) is 16.3 Å². The standard InChI is InChI=1S/C26H26N2O3/c1-17-9-11-19(12-10-17)28-22-14-26(2,3)15-23(29)20(22)13-21(25(28)31)24(30)27-16-18-7-5-4-6-8-18/h4-13H,14-16H2,1-3H3,(H,27,30). The first-order chi connectivity index (χ1) is 14.7. The lowest BCUT2D eigenvalue weighted by Crippen LogP contribution is -2.38. The summed E-state index contributed by atoms with van der Waals surface area (Å²) in [5.74, 6) is -0.514. The van der Waals surface area contributed by atoms with Gasteiger partial charge in [-0.25, -0.2) is 0 Å². The molecule has 0 saturated carbocycles. The third-order valence-electron chi connectivity index (χ3n) is 5.72. The van der Waals surface area contributed by atoms with E-state index in [4.69, 9.17) is 0 Å². The number of pyridine rings is 1. The van der Waals surface area contributed by atoms with Gasteiger partial charge in [0.25, 0.3) is 11.5 Å². The number of Topliss-reactive ketones (excluding diaryl/α,β-unsaturated/α-hetero) is 1. The zero-order valence-electron chi connectivity index (χ0n) is 18.1. The number of hydrogen-bond donors (Lipinski definition) is 1. The highest BCUT2D eigenvalue weighted by Crippen LogP contribution is 2.35. The van der Waals surface area contributed by atoms with Gasteiger partial charge in [0.05, 0.1) is 0 Å². The second kappa shape index (κ2) is 7.99. The van der Waals surface area contributed by atoms with Crippen LogP contribution < -0.4 is 10.9 Å². The number of carbonyl (C=O) groups is 2. The van der Waals surface area contributed by atoms with Gasteiger partial charge in [-0.3, -0.25) is 19.0 Å². The lowest BCUT2D eigenvalue weighted by molar-refractivity contribution is 0.0908. The minimum absolute atomic E-state index is 0.0108. The molecule has 158 valence electrons. The molecule has 1 aliphatic rings. The molecule has 1 N–H and O–H groups in total. The lowest BCUT2D eigenvalue weighted by Gasteiger charge is -2.32. The molecular formula is C26H26N2O3. The first-order valence-electron chi connectivity index (χ1n) is 10.5. The van der Waals surface area contributed by atoms with Crippen LogP contribution in [0.4, 0.5) is 0 Å². The second-order valence-electron chi connectivity index (χ2n) is 9.00. The maximum absolute atomic E-state index is 13.5. The van der Waals surface area contributed by atoms with E-state index in [2.05, 4.69) is 5.32 Å². The van der Waals surface area contributed by atoms with Gasteiger partial charge in [0.2, 0.25) is 0 Å². The van der Waals surface area contributed by atoms with Gasteiger partial charge in [0.1, 0.15) is 5.56 Å². The Hall–Kier alpha value is -3.47. The molecule has 3 aromatic rings. The minimum atomic E-state index is -0.477. The topological polar surface area (TPSA) is 68.2 Å². The molecule has 0 spiro atoms. The third-order valence-corrected chi connectivity index (χ3v) is 5.72. The fourth-order valence-corrected chi connectivity index (χ4v) is 4.12. The van der Waals surface area contributed by atoms with Crippen molar-refractivity contribution >= 4 is 11.7 Å². The van der Waals surface area contributed by atoms with Gasteiger partial charge in [-0.1, -0.05) is 61.9 Å². The zero-order chi connectivity index (χ0) is 22.2. The molecule has 4 rings (SSSR count). The molecule has 1 heterocycles. The Morgan fingerprint density at radius 1 is 1.00 bits per heavy atom. The van der Waals surface area contributed by atoms with Crippen molar-refractivity contribution < 1.29 is 9.59 Å². The van der Waals surface area contributed by atoms with Crippen LogP contribution in [0.5, 0.6) is 0 Å². The molecule has 0 bridgehead atoms. The molecule has 5 heteroatoms. The molecule has 5 nitrogen and oxygen atoms in total. The molecule has 0 unspecified atom stereocenters. The minimum Gasteiger partial charge on any atom is -0.348 e. The van der Waals surface area contributed by atoms with Crippen LogP contribution in [-0.2, 0) is 13.0 Å². The molecule has 0 atom stereocenters. The van der Waals surface area contributed by atoms with Crippen LogP contribution in [0.15, 0.2) is 65.5 Å². The maximum Gasteiger partial charge on any atom is 0.268 e. The quantitative estimate of drug-likeness (QED) is 0.695. The van der Waals surface area contributed by atoms with Gasteiger partial charge in [0.15, 0.2) is 5.78 Å². The van der Waals surface area contributed by atoms with E-state index >= 15 is 0 Å². The predicted octanol–water partition coefficient (Wildman–Crippen LogP) is 4.23. The summed E-state index contributed by atoms with van der Waals surface area (Å²) in [7, 11) is 0. The van der Waals surface area contributed by atoms with Crippen LogP contribution in [0.3, 0.4) is 0 Å². The average molecular weight is 415 g/mol. The number of nitrogens with zero attached hydrogens (tertiary/aromatic N) is 1. The number of benzene rings is 2. The van der Waals surface area contributed by atoms with Crippen LogP contribution >= 0.6 is 0 Å². The fourth-order valence-electron chi connectivity index (χ4n) is 4.12. The molecule has 1 aromatic heterocycles. The van der Waals surface area contributed by atoms with Crippen LogP contribution in [0, 0.1) is 12.3 Å². The highest BCUT2D eigenvalue weighted by atomic mass is 16.2. The number of aromatic nitrogens is 1. The lowest BCUT2D eigenvalue weighted by atomic mass is 9.75. The van der Waals surface area contributed by atoms with Gasteiger partial charge in [-0.15, -0.1) is 0 Å². The number of ketones is 1. The maximum atomic E-state index is 13.5. The van der Waals surface area contributed by atoms with Crippen molar-refractivity contribution in [2.24, 2.45) is 5.41 Å². The smallest absolute Gasteiger partial charge is 0.268 e. The summed E-state index contributed by atoms with van der Waals surface area (Å²) in [5.41, 5.74) is 3.14. The fraction of sp³-hybridized carbons (Fsp3) is 0.269. The summed E-state index contributed by atoms with van der Waals surface area (Å²) in [5, 5.41) is 2.82. The third kappa shape index (κ3) is 4.22. The predicted molar refractivity (Wildman–Crippen MR) is 121 cm³/mol. The van der Waals surface area contributed by atoms with Crippen molar-refractivity contribution in [1.29, 1.82) is 0 Å². The number of amides is 1. The van der Waals surface area contributed by atoms with E-state index < -0.39 is 11.5 Å². The van der Waals surface area contributed by atoms with Gasteiger partial charge < -0.3 is 5.32 Å². The Balaban J connectivity index is 1.82. The summed E-state index contributed by atoms with van der Waals surface area (Å²) < 4.78 is 1.55. The average Bonchev–Trinajstić information content (AvgIpc) is 2.73. The Bertz CT molecular complexity index is 1210. The second-order valence-corrected chi connectivity index (χ2v) is 9.00. The molecule has 1 amide bonds. The van der Waals surface area contributed by atoms with Crippen molar-refractivity contribution in [3.63, 3.8) is 0 Å². The molecule has 1 aliphatic carbocycles. The molecular weight excluding hydrogens is 388 g/mol. The van der Waals surface area contributed by atoms with Crippen LogP contribution in [0.25, 0.3) is 5.69 Å². The molecule has 0 fully saturated rings. The first-order valence-corrected chi connectivity index (χ1v) is 10.5. The summed E-state index contributed by atoms with van der Waals surface area (Å²) >= 11 is 0. The number of rotatable bonds is 4. The van der Waals surface area contributed by atoms with Crippen molar-refractivity contribution in [2.75, 3.05) is 0 Å². The van der Waals surface area contributed by atoms with Crippen molar-refractivity contribution in [2.45, 2.75) is 40.2 Å².